The lowest BCUT2D eigenvalue weighted by atomic mass is 10.0. The van der Waals surface area contributed by atoms with Crippen molar-refractivity contribution in [2.45, 2.75) is 31.8 Å². The summed E-state index contributed by atoms with van der Waals surface area (Å²) in [6.07, 6.45) is 2.38. The van der Waals surface area contributed by atoms with Crippen LogP contribution in [0.15, 0.2) is 28.7 Å². The molecule has 1 fully saturated rings. The van der Waals surface area contributed by atoms with Gasteiger partial charge in [-0.05, 0) is 52.5 Å². The van der Waals surface area contributed by atoms with E-state index >= 15 is 0 Å². The highest BCUT2D eigenvalue weighted by molar-refractivity contribution is 9.10. The summed E-state index contributed by atoms with van der Waals surface area (Å²) in [6, 6.07) is 8.13. The fraction of sp³-hybridized carbons (Fsp3) is 0.562. The average Bonchev–Trinajstić information content (AvgIpc) is 2.85. The molecule has 0 aromatic heterocycles. The van der Waals surface area contributed by atoms with Crippen molar-refractivity contribution < 1.29 is 4.79 Å². The molecule has 0 radical (unpaired) electrons. The minimum atomic E-state index is -0.0383. The van der Waals surface area contributed by atoms with Crippen molar-refractivity contribution >= 4 is 21.7 Å². The molecule has 2 rings (SSSR count). The minimum Gasteiger partial charge on any atom is -0.308 e. The number of rotatable bonds is 5. The molecule has 4 heteroatoms. The van der Waals surface area contributed by atoms with Gasteiger partial charge in [-0.1, -0.05) is 28.1 Å². The second-order valence-corrected chi connectivity index (χ2v) is 6.76. The summed E-state index contributed by atoms with van der Waals surface area (Å²) in [6.45, 7) is 4.10. The molecule has 1 aliphatic heterocycles. The van der Waals surface area contributed by atoms with E-state index in [1.54, 1.807) is 0 Å². The Labute approximate surface area is 130 Å². The highest BCUT2D eigenvalue weighted by Crippen LogP contribution is 2.23. The first kappa shape index (κ1) is 15.7. The molecule has 20 heavy (non-hydrogen) atoms. The number of ketones is 1. The quantitative estimate of drug-likeness (QED) is 0.771. The van der Waals surface area contributed by atoms with Crippen molar-refractivity contribution in [1.29, 1.82) is 0 Å². The van der Waals surface area contributed by atoms with Crippen molar-refractivity contribution in [3.63, 3.8) is 0 Å². The van der Waals surface area contributed by atoms with Crippen LogP contribution in [0.3, 0.4) is 0 Å². The molecule has 0 saturated carbocycles. The lowest BCUT2D eigenvalue weighted by Gasteiger charge is -2.31. The number of carbonyl (C=O) groups is 1. The molecule has 0 bridgehead atoms. The van der Waals surface area contributed by atoms with Gasteiger partial charge in [0.1, 0.15) is 0 Å². The molecule has 1 aliphatic rings. The van der Waals surface area contributed by atoms with Gasteiger partial charge in [-0.15, -0.1) is 0 Å². The normalized spacial score (nSPS) is 21.4. The minimum absolute atomic E-state index is 0.0383. The number of nitrogens with zero attached hydrogens (tertiary/aromatic N) is 2. The predicted octanol–water partition coefficient (Wildman–Crippen LogP) is 3.05. The van der Waals surface area contributed by atoms with Crippen LogP contribution < -0.4 is 0 Å². The van der Waals surface area contributed by atoms with Crippen LogP contribution in [-0.2, 0) is 0 Å². The van der Waals surface area contributed by atoms with E-state index in [2.05, 4.69) is 39.8 Å². The molecule has 1 heterocycles. The lowest BCUT2D eigenvalue weighted by Crippen LogP contribution is -2.46. The summed E-state index contributed by atoms with van der Waals surface area (Å²) in [7, 11) is 4.19. The highest BCUT2D eigenvalue weighted by Gasteiger charge is 2.32. The molecule has 1 aromatic carbocycles. The van der Waals surface area contributed by atoms with E-state index < -0.39 is 0 Å². The van der Waals surface area contributed by atoms with E-state index in [0.717, 1.165) is 23.1 Å². The maximum absolute atomic E-state index is 12.6. The van der Waals surface area contributed by atoms with Crippen LogP contribution >= 0.6 is 15.9 Å². The lowest BCUT2D eigenvalue weighted by molar-refractivity contribution is 0.0799. The van der Waals surface area contributed by atoms with Gasteiger partial charge < -0.3 is 4.90 Å². The summed E-state index contributed by atoms with van der Waals surface area (Å²) >= 11 is 3.41. The topological polar surface area (TPSA) is 23.6 Å². The zero-order valence-corrected chi connectivity index (χ0v) is 14.1. The number of benzene rings is 1. The third-order valence-corrected chi connectivity index (χ3v) is 4.53. The highest BCUT2D eigenvalue weighted by atomic mass is 79.9. The van der Waals surface area contributed by atoms with Gasteiger partial charge in [-0.3, -0.25) is 9.69 Å². The fourth-order valence-electron chi connectivity index (χ4n) is 2.99. The van der Waals surface area contributed by atoms with Crippen molar-refractivity contribution in [1.82, 2.24) is 9.80 Å². The molecule has 0 amide bonds. The number of hydrogen-bond donors (Lipinski definition) is 0. The number of hydrogen-bond acceptors (Lipinski definition) is 3. The Morgan fingerprint density at radius 1 is 1.40 bits per heavy atom. The van der Waals surface area contributed by atoms with Crippen molar-refractivity contribution in [2.75, 3.05) is 27.2 Å². The van der Waals surface area contributed by atoms with Crippen LogP contribution in [0.4, 0.5) is 0 Å². The molecular formula is C16H23BrN2O. The van der Waals surface area contributed by atoms with Crippen molar-refractivity contribution in [3.05, 3.63) is 34.3 Å². The maximum Gasteiger partial charge on any atom is 0.179 e. The molecule has 3 nitrogen and oxygen atoms in total. The van der Waals surface area contributed by atoms with Crippen molar-refractivity contribution in [2.24, 2.45) is 0 Å². The van der Waals surface area contributed by atoms with Crippen LogP contribution in [0.25, 0.3) is 0 Å². The summed E-state index contributed by atoms with van der Waals surface area (Å²) in [4.78, 5) is 17.2. The fourth-order valence-corrected chi connectivity index (χ4v) is 3.26. The van der Waals surface area contributed by atoms with Gasteiger partial charge in [-0.25, -0.2) is 0 Å². The molecule has 1 saturated heterocycles. The Balaban J connectivity index is 2.07. The molecule has 0 spiro atoms. The van der Waals surface area contributed by atoms with E-state index in [1.807, 2.05) is 31.2 Å². The van der Waals surface area contributed by atoms with Crippen LogP contribution in [0.2, 0.25) is 0 Å². The summed E-state index contributed by atoms with van der Waals surface area (Å²) in [5.41, 5.74) is 0.802. The standard InChI is InChI=1S/C16H23BrN2O/c1-12(16(20)13-6-8-14(17)9-7-13)19-10-4-5-15(19)11-18(2)3/h6-9,12,15H,4-5,10-11H2,1-3H3. The summed E-state index contributed by atoms with van der Waals surface area (Å²) in [5, 5.41) is 0. The Morgan fingerprint density at radius 3 is 2.65 bits per heavy atom. The Kier molecular flexibility index (Phi) is 5.35. The van der Waals surface area contributed by atoms with Gasteiger partial charge in [0.15, 0.2) is 5.78 Å². The summed E-state index contributed by atoms with van der Waals surface area (Å²) < 4.78 is 1.01. The molecule has 1 aromatic rings. The van der Waals surface area contributed by atoms with Gasteiger partial charge >= 0.3 is 0 Å². The van der Waals surface area contributed by atoms with Gasteiger partial charge in [0.2, 0.25) is 0 Å². The molecule has 0 aliphatic carbocycles. The molecule has 2 unspecified atom stereocenters. The zero-order chi connectivity index (χ0) is 14.7. The van der Waals surface area contributed by atoms with Crippen LogP contribution in [0, 0.1) is 0 Å². The van der Waals surface area contributed by atoms with Gasteiger partial charge in [-0.2, -0.15) is 0 Å². The van der Waals surface area contributed by atoms with Crippen molar-refractivity contribution in [3.8, 4) is 0 Å². The predicted molar refractivity (Wildman–Crippen MR) is 86.2 cm³/mol. The molecule has 0 N–H and O–H groups in total. The Hall–Kier alpha value is -0.710. The largest absolute Gasteiger partial charge is 0.308 e. The first-order chi connectivity index (χ1) is 9.49. The van der Waals surface area contributed by atoms with Crippen LogP contribution in [-0.4, -0.2) is 54.9 Å². The van der Waals surface area contributed by atoms with E-state index in [9.17, 15) is 4.79 Å². The first-order valence-electron chi connectivity index (χ1n) is 7.19. The maximum atomic E-state index is 12.6. The second kappa shape index (κ2) is 6.83. The Morgan fingerprint density at radius 2 is 2.05 bits per heavy atom. The average molecular weight is 339 g/mol. The van der Waals surface area contributed by atoms with E-state index in [4.69, 9.17) is 0 Å². The third-order valence-electron chi connectivity index (χ3n) is 4.00. The second-order valence-electron chi connectivity index (χ2n) is 5.84. The number of likely N-dealkylation sites (N-methyl/N-ethyl adjacent to an activating group) is 1. The number of likely N-dealkylation sites (tertiary alicyclic amines) is 1. The Bertz CT molecular complexity index is 458. The zero-order valence-electron chi connectivity index (χ0n) is 12.5. The van der Waals surface area contributed by atoms with Gasteiger partial charge in [0.05, 0.1) is 6.04 Å². The third kappa shape index (κ3) is 3.68. The van der Waals surface area contributed by atoms with E-state index in [-0.39, 0.29) is 11.8 Å². The van der Waals surface area contributed by atoms with E-state index in [0.29, 0.717) is 6.04 Å². The van der Waals surface area contributed by atoms with E-state index in [1.165, 1.54) is 12.8 Å². The molecular weight excluding hydrogens is 316 g/mol. The van der Waals surface area contributed by atoms with Crippen LogP contribution in [0.1, 0.15) is 30.1 Å². The summed E-state index contributed by atoms with van der Waals surface area (Å²) in [5.74, 6) is 0.225. The van der Waals surface area contributed by atoms with Gasteiger partial charge in [0, 0.05) is 22.6 Å². The SMILES string of the molecule is CC(C(=O)c1ccc(Br)cc1)N1CCCC1CN(C)C. The number of halogens is 1. The molecule has 110 valence electrons. The van der Waals surface area contributed by atoms with Crippen LogP contribution in [0.5, 0.6) is 0 Å². The number of Topliss-reactive ketones (excluding diaryl/α,β-unsaturated/α-hetero) is 1. The number of carbonyl (C=O) groups excluding carboxylic acids is 1. The monoisotopic (exact) mass is 338 g/mol. The van der Waals surface area contributed by atoms with Gasteiger partial charge in [0.25, 0.3) is 0 Å². The molecule has 2 atom stereocenters. The smallest absolute Gasteiger partial charge is 0.179 e. The first-order valence-corrected chi connectivity index (χ1v) is 7.98.